The maximum Gasteiger partial charge on any atom is 0.404 e. The summed E-state index contributed by atoms with van der Waals surface area (Å²) in [6, 6.07) is 23.3. The van der Waals surface area contributed by atoms with Crippen molar-refractivity contribution in [2.75, 3.05) is 26.3 Å². The van der Waals surface area contributed by atoms with Crippen molar-refractivity contribution in [3.8, 4) is 6.07 Å². The molecule has 2 aromatic rings. The van der Waals surface area contributed by atoms with E-state index in [2.05, 4.69) is 85.6 Å². The number of hydrogen-bond donors (Lipinski definition) is 2. The van der Waals surface area contributed by atoms with E-state index < -0.39 is 26.1 Å². The van der Waals surface area contributed by atoms with E-state index in [1.807, 2.05) is 12.1 Å². The highest BCUT2D eigenvalue weighted by Gasteiger charge is 2.58. The van der Waals surface area contributed by atoms with Crippen LogP contribution in [-0.2, 0) is 9.16 Å². The lowest BCUT2D eigenvalue weighted by atomic mass is 9.91. The zero-order chi connectivity index (χ0) is 25.1. The van der Waals surface area contributed by atoms with Gasteiger partial charge in [0.2, 0.25) is 0 Å². The molecule has 0 bridgehead atoms. The summed E-state index contributed by atoms with van der Waals surface area (Å²) >= 11 is 0. The summed E-state index contributed by atoms with van der Waals surface area (Å²) in [7, 11) is -2.87. The molecule has 0 radical (unpaired) electrons. The van der Waals surface area contributed by atoms with Crippen molar-refractivity contribution >= 4 is 24.8 Å². The minimum absolute atomic E-state index is 0.0992. The highest BCUT2D eigenvalue weighted by atomic mass is 28.4. The number of carbonyl (C=O) groups is 1. The third-order valence-corrected chi connectivity index (χ3v) is 12.5. The van der Waals surface area contributed by atoms with Gasteiger partial charge in [-0.2, -0.15) is 5.26 Å². The second kappa shape index (κ2) is 10.1. The minimum atomic E-state index is -2.87. The van der Waals surface area contributed by atoms with Crippen molar-refractivity contribution in [3.63, 3.8) is 0 Å². The Morgan fingerprint density at radius 2 is 1.66 bits per heavy atom. The molecule has 2 saturated heterocycles. The topological polar surface area (TPSA) is 94.8 Å². The smallest absolute Gasteiger partial charge is 0.404 e. The van der Waals surface area contributed by atoms with Crippen LogP contribution in [0.5, 0.6) is 0 Å². The average molecular weight is 494 g/mol. The number of nitrogens with zero attached hydrogens (tertiary/aromatic N) is 2. The molecule has 0 saturated carbocycles. The van der Waals surface area contributed by atoms with Crippen molar-refractivity contribution < 1.29 is 19.1 Å². The quantitative estimate of drug-likeness (QED) is 0.601. The summed E-state index contributed by atoms with van der Waals surface area (Å²) < 4.78 is 13.3. The summed E-state index contributed by atoms with van der Waals surface area (Å²) in [5.74, 6) is 0. The molecule has 2 aliphatic heterocycles. The molecule has 2 atom stereocenters. The Labute approximate surface area is 208 Å². The molecule has 7 nitrogen and oxygen atoms in total. The predicted octanol–water partition coefficient (Wildman–Crippen LogP) is 2.96. The Bertz CT molecular complexity index is 1010. The SMILES string of the molecule is CC(C)(C)[Si](O[C@@H]1COC[C@]1(C#N)N1CCC(NC(=O)O)CC1)(c1ccccc1)c1ccccc1. The lowest BCUT2D eigenvalue weighted by Crippen LogP contribution is -2.71. The first-order valence-corrected chi connectivity index (χ1v) is 14.2. The van der Waals surface area contributed by atoms with E-state index >= 15 is 0 Å². The largest absolute Gasteiger partial charge is 0.465 e. The maximum absolute atomic E-state index is 11.1. The third kappa shape index (κ3) is 4.74. The number of piperidine rings is 1. The Morgan fingerprint density at radius 1 is 1.11 bits per heavy atom. The zero-order valence-electron chi connectivity index (χ0n) is 20.7. The highest BCUT2D eigenvalue weighted by molar-refractivity contribution is 6.99. The summed E-state index contributed by atoms with van der Waals surface area (Å²) in [5, 5.41) is 24.3. The number of ether oxygens (including phenoxy) is 1. The summed E-state index contributed by atoms with van der Waals surface area (Å²) in [5.41, 5.74) is -0.915. The average Bonchev–Trinajstić information content (AvgIpc) is 3.26. The molecule has 0 unspecified atom stereocenters. The normalized spacial score (nSPS) is 24.1. The molecule has 2 heterocycles. The van der Waals surface area contributed by atoms with Gasteiger partial charge in [-0.25, -0.2) is 4.79 Å². The monoisotopic (exact) mass is 493 g/mol. The molecule has 4 rings (SSSR count). The van der Waals surface area contributed by atoms with Gasteiger partial charge in [0.15, 0.2) is 5.54 Å². The number of amides is 1. The van der Waals surface area contributed by atoms with E-state index in [1.54, 1.807) is 0 Å². The lowest BCUT2D eigenvalue weighted by molar-refractivity contribution is 0.0277. The second-order valence-corrected chi connectivity index (χ2v) is 14.8. The lowest BCUT2D eigenvalue weighted by Gasteiger charge is -2.48. The fourth-order valence-corrected chi connectivity index (χ4v) is 10.4. The maximum atomic E-state index is 11.1. The molecular weight excluding hydrogens is 458 g/mol. The van der Waals surface area contributed by atoms with Gasteiger partial charge >= 0.3 is 6.09 Å². The number of hydrogen-bond acceptors (Lipinski definition) is 5. The van der Waals surface area contributed by atoms with Gasteiger partial charge in [-0.15, -0.1) is 0 Å². The minimum Gasteiger partial charge on any atom is -0.465 e. The fourth-order valence-electron chi connectivity index (χ4n) is 5.66. The Kier molecular flexibility index (Phi) is 7.34. The first-order chi connectivity index (χ1) is 16.7. The molecular formula is C27H35N3O4Si. The van der Waals surface area contributed by atoms with Gasteiger partial charge in [-0.3, -0.25) is 4.90 Å². The molecule has 35 heavy (non-hydrogen) atoms. The molecule has 2 aliphatic rings. The van der Waals surface area contributed by atoms with Crippen molar-refractivity contribution in [2.24, 2.45) is 0 Å². The fraction of sp³-hybridized carbons (Fsp3) is 0.481. The summed E-state index contributed by atoms with van der Waals surface area (Å²) in [6.45, 7) is 8.55. The molecule has 2 fully saturated rings. The number of nitrogens with one attached hydrogen (secondary N) is 1. The summed E-state index contributed by atoms with van der Waals surface area (Å²) in [6.07, 6.45) is -0.123. The van der Waals surface area contributed by atoms with E-state index in [9.17, 15) is 10.1 Å². The number of likely N-dealkylation sites (tertiary alicyclic amines) is 1. The van der Waals surface area contributed by atoms with Gasteiger partial charge in [0.05, 0.1) is 19.3 Å². The van der Waals surface area contributed by atoms with Gasteiger partial charge in [-0.1, -0.05) is 81.4 Å². The van der Waals surface area contributed by atoms with E-state index in [4.69, 9.17) is 14.3 Å². The molecule has 2 aromatic carbocycles. The van der Waals surface area contributed by atoms with Crippen LogP contribution >= 0.6 is 0 Å². The van der Waals surface area contributed by atoms with Crippen LogP contribution in [0, 0.1) is 11.3 Å². The van der Waals surface area contributed by atoms with Gasteiger partial charge in [0, 0.05) is 19.1 Å². The second-order valence-electron chi connectivity index (χ2n) is 10.5. The van der Waals surface area contributed by atoms with Crippen LogP contribution in [0.15, 0.2) is 60.7 Å². The first kappa shape index (κ1) is 25.4. The number of benzene rings is 2. The predicted molar refractivity (Wildman–Crippen MR) is 137 cm³/mol. The molecule has 2 N–H and O–H groups in total. The molecule has 0 aromatic heterocycles. The summed E-state index contributed by atoms with van der Waals surface area (Å²) in [4.78, 5) is 13.2. The standard InChI is InChI=1S/C27H35N3O4Si/c1-26(2,3)35(22-10-6-4-7-11-22,23-12-8-5-9-13-23)34-24-18-33-20-27(24,19-28)30-16-14-21(15-17-30)29-25(31)32/h4-13,21,24,29H,14-18,20H2,1-3H3,(H,31,32)/t24-,27+/m1/s1. The molecule has 186 valence electrons. The van der Waals surface area contributed by atoms with E-state index in [1.165, 1.54) is 10.4 Å². The van der Waals surface area contributed by atoms with Crippen LogP contribution in [-0.4, -0.2) is 68.4 Å². The van der Waals surface area contributed by atoms with Crippen LogP contribution in [0.3, 0.4) is 0 Å². The molecule has 0 aliphatic carbocycles. The van der Waals surface area contributed by atoms with Crippen LogP contribution in [0.25, 0.3) is 0 Å². The van der Waals surface area contributed by atoms with Crippen LogP contribution in [0.4, 0.5) is 4.79 Å². The van der Waals surface area contributed by atoms with Crippen molar-refractivity contribution in [3.05, 3.63) is 60.7 Å². The zero-order valence-corrected chi connectivity index (χ0v) is 21.7. The molecule has 0 spiro atoms. The van der Waals surface area contributed by atoms with Crippen LogP contribution < -0.4 is 15.7 Å². The number of rotatable bonds is 6. The van der Waals surface area contributed by atoms with Gasteiger partial charge in [0.25, 0.3) is 8.32 Å². The molecule has 1 amide bonds. The third-order valence-electron chi connectivity index (χ3n) is 7.44. The highest BCUT2D eigenvalue weighted by Crippen LogP contribution is 2.41. The van der Waals surface area contributed by atoms with Gasteiger partial charge in [-0.05, 0) is 28.3 Å². The van der Waals surface area contributed by atoms with Crippen LogP contribution in [0.1, 0.15) is 33.6 Å². The van der Waals surface area contributed by atoms with Gasteiger partial charge in [0.1, 0.15) is 6.10 Å². The van der Waals surface area contributed by atoms with Gasteiger partial charge < -0.3 is 19.6 Å². The van der Waals surface area contributed by atoms with E-state index in [0.29, 0.717) is 32.5 Å². The Hall–Kier alpha value is -2.70. The Morgan fingerprint density at radius 3 is 2.11 bits per heavy atom. The van der Waals surface area contributed by atoms with Crippen LogP contribution in [0.2, 0.25) is 5.04 Å². The van der Waals surface area contributed by atoms with E-state index in [-0.39, 0.29) is 17.7 Å². The van der Waals surface area contributed by atoms with Crippen molar-refractivity contribution in [1.29, 1.82) is 5.26 Å². The van der Waals surface area contributed by atoms with E-state index in [0.717, 1.165) is 0 Å². The van der Waals surface area contributed by atoms with Crippen molar-refractivity contribution in [2.45, 2.75) is 56.3 Å². The number of carboxylic acid groups (broad SMARTS) is 1. The van der Waals surface area contributed by atoms with Crippen molar-refractivity contribution in [1.82, 2.24) is 10.2 Å². The Balaban J connectivity index is 1.73. The molecule has 8 heteroatoms. The number of nitriles is 1. The first-order valence-electron chi connectivity index (χ1n) is 12.3.